The third-order valence-electron chi connectivity index (χ3n) is 5.09. The fourth-order valence-electron chi connectivity index (χ4n) is 3.72. The van der Waals surface area contributed by atoms with E-state index in [1.54, 1.807) is 12.1 Å². The highest BCUT2D eigenvalue weighted by Crippen LogP contribution is 2.35. The highest BCUT2D eigenvalue weighted by atomic mass is 32.2. The minimum Gasteiger partial charge on any atom is -0.323 e. The molecule has 1 aromatic carbocycles. The maximum Gasteiger partial charge on any atom is 0.325 e. The Morgan fingerprint density at radius 2 is 2.00 bits per heavy atom. The Morgan fingerprint density at radius 3 is 2.78 bits per heavy atom. The van der Waals surface area contributed by atoms with Crippen molar-refractivity contribution in [1.82, 2.24) is 25.3 Å². The molecule has 1 aromatic heterocycles. The topological polar surface area (TPSA) is 134 Å². The van der Waals surface area contributed by atoms with Crippen LogP contribution in [-0.2, 0) is 14.8 Å². The maximum absolute atomic E-state index is 12.5. The summed E-state index contributed by atoms with van der Waals surface area (Å²) in [6.45, 7) is 0.235. The Morgan fingerprint density at radius 1 is 1.22 bits per heavy atom. The Balaban J connectivity index is 1.37. The molecule has 10 nitrogen and oxygen atoms in total. The molecule has 2 heterocycles. The smallest absolute Gasteiger partial charge is 0.323 e. The lowest BCUT2D eigenvalue weighted by Gasteiger charge is -2.20. The van der Waals surface area contributed by atoms with E-state index in [1.807, 2.05) is 0 Å². The van der Waals surface area contributed by atoms with Gasteiger partial charge in [0.15, 0.2) is 5.52 Å². The van der Waals surface area contributed by atoms with Crippen LogP contribution < -0.4 is 10.0 Å². The van der Waals surface area contributed by atoms with E-state index in [0.29, 0.717) is 24.8 Å². The molecule has 0 bridgehead atoms. The molecule has 1 spiro atoms. The van der Waals surface area contributed by atoms with Gasteiger partial charge >= 0.3 is 6.03 Å². The van der Waals surface area contributed by atoms with Gasteiger partial charge in [0, 0.05) is 13.1 Å². The normalized spacial score (nSPS) is 19.3. The minimum absolute atomic E-state index is 0.0267. The second-order valence-corrected chi connectivity index (χ2v) is 8.55. The number of aromatic nitrogens is 2. The van der Waals surface area contributed by atoms with Gasteiger partial charge in [0.2, 0.25) is 10.0 Å². The van der Waals surface area contributed by atoms with Crippen LogP contribution in [-0.4, -0.2) is 54.2 Å². The van der Waals surface area contributed by atoms with Crippen LogP contribution in [0.25, 0.3) is 11.0 Å². The first-order valence-electron chi connectivity index (χ1n) is 8.78. The first kappa shape index (κ1) is 17.9. The molecule has 144 valence electrons. The standard InChI is InChI=1S/C16H19N5O5S/c22-14-16(7-1-2-8-16)18-15(23)21(14)10-4-9-17-27(24,25)12-6-3-5-11-13(12)20-26-19-11/h3,5-6,17H,1-2,4,7-10H2,(H,18,23). The highest BCUT2D eigenvalue weighted by molar-refractivity contribution is 7.89. The molecule has 1 saturated carbocycles. The third kappa shape index (κ3) is 3.06. The molecule has 2 aromatic rings. The number of rotatable bonds is 6. The van der Waals surface area contributed by atoms with E-state index in [2.05, 4.69) is 25.0 Å². The molecule has 27 heavy (non-hydrogen) atoms. The van der Waals surface area contributed by atoms with Crippen LogP contribution in [0.4, 0.5) is 4.79 Å². The van der Waals surface area contributed by atoms with Crippen molar-refractivity contribution in [2.75, 3.05) is 13.1 Å². The van der Waals surface area contributed by atoms with E-state index in [4.69, 9.17) is 0 Å². The first-order valence-corrected chi connectivity index (χ1v) is 10.3. The Kier molecular flexibility index (Phi) is 4.35. The Hall–Kier alpha value is -2.53. The van der Waals surface area contributed by atoms with Gasteiger partial charge in [-0.05, 0) is 41.7 Å². The average molecular weight is 393 g/mol. The Bertz CT molecular complexity index is 996. The number of imide groups is 1. The van der Waals surface area contributed by atoms with Gasteiger partial charge in [0.1, 0.15) is 16.0 Å². The molecule has 0 atom stereocenters. The molecule has 2 N–H and O–H groups in total. The number of carbonyl (C=O) groups is 2. The van der Waals surface area contributed by atoms with Crippen molar-refractivity contribution >= 4 is 33.0 Å². The van der Waals surface area contributed by atoms with Gasteiger partial charge in [0.05, 0.1) is 0 Å². The molecule has 0 unspecified atom stereocenters. The molecule has 1 aliphatic carbocycles. The van der Waals surface area contributed by atoms with Gasteiger partial charge in [-0.2, -0.15) is 0 Å². The van der Waals surface area contributed by atoms with Crippen molar-refractivity contribution in [3.63, 3.8) is 0 Å². The first-order chi connectivity index (χ1) is 12.9. The summed E-state index contributed by atoms with van der Waals surface area (Å²) in [5.41, 5.74) is -0.243. The summed E-state index contributed by atoms with van der Waals surface area (Å²) < 4.78 is 32.0. The number of hydrogen-bond acceptors (Lipinski definition) is 7. The van der Waals surface area contributed by atoms with E-state index >= 15 is 0 Å². The summed E-state index contributed by atoms with van der Waals surface area (Å²) in [5, 5.41) is 10.1. The van der Waals surface area contributed by atoms with Gasteiger partial charge in [-0.25, -0.2) is 22.6 Å². The van der Waals surface area contributed by atoms with E-state index in [9.17, 15) is 18.0 Å². The van der Waals surface area contributed by atoms with E-state index < -0.39 is 21.6 Å². The number of benzene rings is 1. The van der Waals surface area contributed by atoms with Crippen molar-refractivity contribution in [2.45, 2.75) is 42.5 Å². The van der Waals surface area contributed by atoms with E-state index in [0.717, 1.165) is 12.8 Å². The predicted octanol–water partition coefficient (Wildman–Crippen LogP) is 0.756. The zero-order valence-corrected chi connectivity index (χ0v) is 15.3. The van der Waals surface area contributed by atoms with Crippen LogP contribution in [0.15, 0.2) is 27.7 Å². The summed E-state index contributed by atoms with van der Waals surface area (Å²) in [7, 11) is -3.82. The summed E-state index contributed by atoms with van der Waals surface area (Å²) in [5.74, 6) is -0.203. The third-order valence-corrected chi connectivity index (χ3v) is 6.58. The van der Waals surface area contributed by atoms with Crippen molar-refractivity contribution in [1.29, 1.82) is 0 Å². The van der Waals surface area contributed by atoms with Gasteiger partial charge in [-0.3, -0.25) is 9.69 Å². The SMILES string of the molecule is O=C1NC2(CCCC2)C(=O)N1CCCNS(=O)(=O)c1cccc2nonc12. The molecule has 0 radical (unpaired) electrons. The average Bonchev–Trinajstić information content (AvgIpc) is 3.34. The van der Waals surface area contributed by atoms with Gasteiger partial charge < -0.3 is 5.32 Å². The Labute approximate surface area is 155 Å². The van der Waals surface area contributed by atoms with Crippen LogP contribution in [0, 0.1) is 0 Å². The summed E-state index contributed by atoms with van der Waals surface area (Å²) in [4.78, 5) is 25.8. The predicted molar refractivity (Wildman–Crippen MR) is 93.1 cm³/mol. The van der Waals surface area contributed by atoms with Gasteiger partial charge in [-0.1, -0.05) is 18.9 Å². The van der Waals surface area contributed by atoms with Gasteiger partial charge in [-0.15, -0.1) is 0 Å². The van der Waals surface area contributed by atoms with E-state index in [-0.39, 0.29) is 29.4 Å². The van der Waals surface area contributed by atoms with Crippen molar-refractivity contribution in [2.24, 2.45) is 0 Å². The highest BCUT2D eigenvalue weighted by Gasteiger charge is 2.51. The van der Waals surface area contributed by atoms with Crippen LogP contribution in [0.5, 0.6) is 0 Å². The van der Waals surface area contributed by atoms with Crippen LogP contribution in [0.3, 0.4) is 0 Å². The number of nitrogens with one attached hydrogen (secondary N) is 2. The van der Waals surface area contributed by atoms with Crippen LogP contribution in [0.1, 0.15) is 32.1 Å². The zero-order chi connectivity index (χ0) is 19.1. The summed E-state index contributed by atoms with van der Waals surface area (Å²) in [6.07, 6.45) is 3.47. The molecular weight excluding hydrogens is 374 g/mol. The number of fused-ring (bicyclic) bond motifs is 1. The van der Waals surface area contributed by atoms with Crippen LogP contribution in [0.2, 0.25) is 0 Å². The largest absolute Gasteiger partial charge is 0.325 e. The number of urea groups is 1. The molecule has 1 aliphatic heterocycles. The molecular formula is C16H19N5O5S. The second-order valence-electron chi connectivity index (χ2n) is 6.82. The molecule has 2 fully saturated rings. The lowest BCUT2D eigenvalue weighted by atomic mass is 9.98. The lowest BCUT2D eigenvalue weighted by molar-refractivity contribution is -0.131. The monoisotopic (exact) mass is 393 g/mol. The number of sulfonamides is 1. The lowest BCUT2D eigenvalue weighted by Crippen LogP contribution is -2.44. The zero-order valence-electron chi connectivity index (χ0n) is 14.5. The minimum atomic E-state index is -3.82. The molecule has 11 heteroatoms. The quantitative estimate of drug-likeness (QED) is 0.546. The van der Waals surface area contributed by atoms with E-state index in [1.165, 1.54) is 11.0 Å². The molecule has 3 amide bonds. The molecule has 2 aliphatic rings. The fourth-order valence-corrected chi connectivity index (χ4v) is 4.94. The maximum atomic E-state index is 12.5. The van der Waals surface area contributed by atoms with Crippen molar-refractivity contribution in [3.8, 4) is 0 Å². The molecule has 4 rings (SSSR count). The summed E-state index contributed by atoms with van der Waals surface area (Å²) in [6, 6.07) is 4.16. The fraction of sp³-hybridized carbons (Fsp3) is 0.500. The summed E-state index contributed by atoms with van der Waals surface area (Å²) >= 11 is 0. The van der Waals surface area contributed by atoms with Crippen LogP contribution >= 0.6 is 0 Å². The second kappa shape index (κ2) is 6.57. The molecule has 1 saturated heterocycles. The van der Waals surface area contributed by atoms with Gasteiger partial charge in [0.25, 0.3) is 5.91 Å². The number of hydrogen-bond donors (Lipinski definition) is 2. The number of amides is 3. The number of carbonyl (C=O) groups excluding carboxylic acids is 2. The number of nitrogens with zero attached hydrogens (tertiary/aromatic N) is 3. The van der Waals surface area contributed by atoms with Crippen molar-refractivity contribution in [3.05, 3.63) is 18.2 Å². The van der Waals surface area contributed by atoms with Crippen molar-refractivity contribution < 1.29 is 22.6 Å².